The Labute approximate surface area is 103 Å². The standard InChI is InChI=1S/C13H22N2O2/c1-10-11(7-14-2)6-13(17-10)8-15(3)12-4-5-16-9-12/h6,12,14H,4-5,7-9H2,1-3H3. The van der Waals surface area contributed by atoms with E-state index in [2.05, 4.69) is 23.3 Å². The third-order valence-electron chi connectivity index (χ3n) is 3.37. The third-order valence-corrected chi connectivity index (χ3v) is 3.37. The highest BCUT2D eigenvalue weighted by atomic mass is 16.5. The van der Waals surface area contributed by atoms with Crippen molar-refractivity contribution in [2.24, 2.45) is 0 Å². The summed E-state index contributed by atoms with van der Waals surface area (Å²) < 4.78 is 11.2. The van der Waals surface area contributed by atoms with Crippen LogP contribution >= 0.6 is 0 Å². The van der Waals surface area contributed by atoms with Crippen LogP contribution in [0.4, 0.5) is 0 Å². The number of hydrogen-bond donors (Lipinski definition) is 1. The van der Waals surface area contributed by atoms with Crippen LogP contribution in [-0.2, 0) is 17.8 Å². The molecule has 1 aliphatic rings. The summed E-state index contributed by atoms with van der Waals surface area (Å²) in [5, 5.41) is 3.15. The van der Waals surface area contributed by atoms with Crippen LogP contribution < -0.4 is 5.32 Å². The Hall–Kier alpha value is -0.840. The highest BCUT2D eigenvalue weighted by Crippen LogP contribution is 2.18. The van der Waals surface area contributed by atoms with Crippen LogP contribution in [0, 0.1) is 6.92 Å². The van der Waals surface area contributed by atoms with Gasteiger partial charge in [-0.25, -0.2) is 0 Å². The maximum atomic E-state index is 5.77. The first-order valence-corrected chi connectivity index (χ1v) is 6.21. The van der Waals surface area contributed by atoms with Gasteiger partial charge in [0.25, 0.3) is 0 Å². The summed E-state index contributed by atoms with van der Waals surface area (Å²) in [7, 11) is 4.09. The minimum Gasteiger partial charge on any atom is -0.465 e. The first kappa shape index (κ1) is 12.6. The maximum absolute atomic E-state index is 5.77. The number of hydrogen-bond acceptors (Lipinski definition) is 4. The molecule has 0 saturated carbocycles. The molecule has 4 heteroatoms. The van der Waals surface area contributed by atoms with Gasteiger partial charge in [0.15, 0.2) is 0 Å². The smallest absolute Gasteiger partial charge is 0.118 e. The molecule has 1 N–H and O–H groups in total. The molecule has 0 amide bonds. The van der Waals surface area contributed by atoms with Crippen LogP contribution in [0.1, 0.15) is 23.5 Å². The van der Waals surface area contributed by atoms with E-state index in [1.807, 2.05) is 14.0 Å². The number of rotatable bonds is 5. The van der Waals surface area contributed by atoms with E-state index >= 15 is 0 Å². The van der Waals surface area contributed by atoms with Gasteiger partial charge in [-0.2, -0.15) is 0 Å². The second-order valence-electron chi connectivity index (χ2n) is 4.76. The number of likely N-dealkylation sites (N-methyl/N-ethyl adjacent to an activating group) is 1. The van der Waals surface area contributed by atoms with Crippen LogP contribution in [0.15, 0.2) is 10.5 Å². The van der Waals surface area contributed by atoms with Gasteiger partial charge in [0.05, 0.1) is 13.2 Å². The molecule has 1 atom stereocenters. The van der Waals surface area contributed by atoms with Gasteiger partial charge >= 0.3 is 0 Å². The van der Waals surface area contributed by atoms with E-state index in [9.17, 15) is 0 Å². The minimum atomic E-state index is 0.535. The minimum absolute atomic E-state index is 0.535. The van der Waals surface area contributed by atoms with Crippen molar-refractivity contribution >= 4 is 0 Å². The molecule has 1 unspecified atom stereocenters. The number of aryl methyl sites for hydroxylation is 1. The highest BCUT2D eigenvalue weighted by Gasteiger charge is 2.21. The SMILES string of the molecule is CNCc1cc(CN(C)C2CCOC2)oc1C. The van der Waals surface area contributed by atoms with Crippen LogP contribution in [0.5, 0.6) is 0 Å². The second kappa shape index (κ2) is 5.67. The second-order valence-corrected chi connectivity index (χ2v) is 4.76. The molecule has 0 spiro atoms. The molecule has 1 aromatic heterocycles. The first-order valence-electron chi connectivity index (χ1n) is 6.21. The monoisotopic (exact) mass is 238 g/mol. The molecule has 1 saturated heterocycles. The largest absolute Gasteiger partial charge is 0.465 e. The van der Waals surface area contributed by atoms with Gasteiger partial charge in [-0.1, -0.05) is 0 Å². The zero-order valence-corrected chi connectivity index (χ0v) is 11.0. The average molecular weight is 238 g/mol. The van der Waals surface area contributed by atoms with Gasteiger partial charge in [-0.15, -0.1) is 0 Å². The summed E-state index contributed by atoms with van der Waals surface area (Å²) in [5.74, 6) is 2.06. The highest BCUT2D eigenvalue weighted by molar-refractivity contribution is 5.20. The van der Waals surface area contributed by atoms with E-state index in [4.69, 9.17) is 9.15 Å². The topological polar surface area (TPSA) is 37.6 Å². The van der Waals surface area contributed by atoms with E-state index in [0.717, 1.165) is 44.2 Å². The lowest BCUT2D eigenvalue weighted by molar-refractivity contribution is 0.152. The Kier molecular flexibility index (Phi) is 4.20. The first-order chi connectivity index (χ1) is 8.20. The molecule has 1 aliphatic heterocycles. The quantitative estimate of drug-likeness (QED) is 0.844. The Morgan fingerprint density at radius 3 is 3.00 bits per heavy atom. The number of nitrogens with one attached hydrogen (secondary N) is 1. The van der Waals surface area contributed by atoms with E-state index in [0.29, 0.717) is 6.04 Å². The molecule has 0 bridgehead atoms. The van der Waals surface area contributed by atoms with Crippen molar-refractivity contribution in [3.63, 3.8) is 0 Å². The Balaban J connectivity index is 1.95. The van der Waals surface area contributed by atoms with Gasteiger partial charge in [0.1, 0.15) is 11.5 Å². The summed E-state index contributed by atoms with van der Waals surface area (Å²) in [6, 6.07) is 2.69. The molecule has 1 aromatic rings. The maximum Gasteiger partial charge on any atom is 0.118 e. The fourth-order valence-electron chi connectivity index (χ4n) is 2.28. The number of furan rings is 1. The van der Waals surface area contributed by atoms with Crippen molar-refractivity contribution in [2.45, 2.75) is 32.5 Å². The van der Waals surface area contributed by atoms with E-state index < -0.39 is 0 Å². The van der Waals surface area contributed by atoms with Crippen LogP contribution in [-0.4, -0.2) is 38.3 Å². The molecule has 0 aromatic carbocycles. The van der Waals surface area contributed by atoms with Gasteiger partial charge in [-0.3, -0.25) is 4.90 Å². The van der Waals surface area contributed by atoms with Crippen LogP contribution in [0.25, 0.3) is 0 Å². The zero-order chi connectivity index (χ0) is 12.3. The van der Waals surface area contributed by atoms with Gasteiger partial charge in [-0.05, 0) is 33.5 Å². The molecule has 4 nitrogen and oxygen atoms in total. The summed E-state index contributed by atoms with van der Waals surface area (Å²) in [6.07, 6.45) is 1.12. The number of nitrogens with zero attached hydrogens (tertiary/aromatic N) is 1. The van der Waals surface area contributed by atoms with Crippen molar-refractivity contribution in [2.75, 3.05) is 27.3 Å². The third kappa shape index (κ3) is 3.09. The van der Waals surface area contributed by atoms with Gasteiger partial charge in [0, 0.05) is 24.8 Å². The predicted octanol–water partition coefficient (Wildman–Crippen LogP) is 1.53. The molecule has 0 radical (unpaired) electrons. The van der Waals surface area contributed by atoms with Crippen LogP contribution in [0.2, 0.25) is 0 Å². The van der Waals surface area contributed by atoms with E-state index in [1.165, 1.54) is 5.56 Å². The van der Waals surface area contributed by atoms with Gasteiger partial charge in [0.2, 0.25) is 0 Å². The molecule has 96 valence electrons. The van der Waals surface area contributed by atoms with Crippen molar-refractivity contribution in [1.29, 1.82) is 0 Å². The summed E-state index contributed by atoms with van der Waals surface area (Å²) in [5.41, 5.74) is 1.25. The molecule has 17 heavy (non-hydrogen) atoms. The molecule has 2 rings (SSSR count). The fraction of sp³-hybridized carbons (Fsp3) is 0.692. The molecular weight excluding hydrogens is 216 g/mol. The van der Waals surface area contributed by atoms with Crippen LogP contribution in [0.3, 0.4) is 0 Å². The normalized spacial score (nSPS) is 20.4. The Morgan fingerprint density at radius 1 is 1.53 bits per heavy atom. The lowest BCUT2D eigenvalue weighted by Crippen LogP contribution is -2.31. The average Bonchev–Trinajstić information content (AvgIpc) is 2.90. The lowest BCUT2D eigenvalue weighted by Gasteiger charge is -2.21. The molecule has 2 heterocycles. The summed E-state index contributed by atoms with van der Waals surface area (Å²) in [6.45, 7) is 5.48. The van der Waals surface area contributed by atoms with Crippen molar-refractivity contribution < 1.29 is 9.15 Å². The lowest BCUT2D eigenvalue weighted by atomic mass is 10.2. The predicted molar refractivity (Wildman–Crippen MR) is 66.9 cm³/mol. The zero-order valence-electron chi connectivity index (χ0n) is 11.0. The van der Waals surface area contributed by atoms with Crippen molar-refractivity contribution in [1.82, 2.24) is 10.2 Å². The Bertz CT molecular complexity index is 356. The van der Waals surface area contributed by atoms with E-state index in [1.54, 1.807) is 0 Å². The fourth-order valence-corrected chi connectivity index (χ4v) is 2.28. The molecule has 0 aliphatic carbocycles. The summed E-state index contributed by atoms with van der Waals surface area (Å²) >= 11 is 0. The molecule has 1 fully saturated rings. The number of ether oxygens (including phenoxy) is 1. The van der Waals surface area contributed by atoms with Crippen molar-refractivity contribution in [3.05, 3.63) is 23.2 Å². The van der Waals surface area contributed by atoms with Gasteiger partial charge < -0.3 is 14.5 Å². The Morgan fingerprint density at radius 2 is 2.35 bits per heavy atom. The molecular formula is C13H22N2O2. The van der Waals surface area contributed by atoms with E-state index in [-0.39, 0.29) is 0 Å². The van der Waals surface area contributed by atoms with Crippen molar-refractivity contribution in [3.8, 4) is 0 Å². The summed E-state index contributed by atoms with van der Waals surface area (Å²) in [4.78, 5) is 2.31.